The number of non-ortho nitro benzene ring substituents is 1. The Hall–Kier alpha value is -2.89. The van der Waals surface area contributed by atoms with Gasteiger partial charge in [0.25, 0.3) is 5.69 Å². The molecule has 0 aliphatic heterocycles. The second-order valence-electron chi connectivity index (χ2n) is 3.77. The monoisotopic (exact) mass is 258 g/mol. The second kappa shape index (κ2) is 5.18. The van der Waals surface area contributed by atoms with E-state index in [-0.39, 0.29) is 22.7 Å². The molecule has 2 aromatic carbocycles. The van der Waals surface area contributed by atoms with Crippen molar-refractivity contribution in [2.24, 2.45) is 5.16 Å². The molecular formula is C13H10N2O4. The standard InChI is InChI=1S/C13H10N2O4/c16-12-7-6-10(15(18)19)8-11(12)13(14-17)9-4-2-1-3-5-9/h1-8,16-17H. The molecule has 2 N–H and O–H groups in total. The lowest BCUT2D eigenvalue weighted by Gasteiger charge is -2.06. The molecule has 2 rings (SSSR count). The third-order valence-electron chi connectivity index (χ3n) is 2.59. The first-order valence-electron chi connectivity index (χ1n) is 5.38. The van der Waals surface area contributed by atoms with Crippen molar-refractivity contribution in [2.45, 2.75) is 0 Å². The fourth-order valence-electron chi connectivity index (χ4n) is 1.69. The van der Waals surface area contributed by atoms with Crippen LogP contribution in [0.5, 0.6) is 5.75 Å². The molecule has 0 amide bonds. The van der Waals surface area contributed by atoms with Crippen molar-refractivity contribution < 1.29 is 15.2 Å². The normalized spacial score (nSPS) is 11.3. The lowest BCUT2D eigenvalue weighted by Crippen LogP contribution is -2.04. The molecule has 0 heterocycles. The van der Waals surface area contributed by atoms with Crippen LogP contribution in [0, 0.1) is 10.1 Å². The van der Waals surface area contributed by atoms with Gasteiger partial charge in [0.05, 0.1) is 10.5 Å². The molecule has 6 heteroatoms. The lowest BCUT2D eigenvalue weighted by molar-refractivity contribution is -0.384. The molecule has 0 bridgehead atoms. The molecule has 0 aliphatic rings. The largest absolute Gasteiger partial charge is 0.507 e. The van der Waals surface area contributed by atoms with E-state index in [1.54, 1.807) is 30.3 Å². The van der Waals surface area contributed by atoms with E-state index in [1.165, 1.54) is 12.1 Å². The predicted octanol–water partition coefficient (Wildman–Crippen LogP) is 2.53. The summed E-state index contributed by atoms with van der Waals surface area (Å²) in [5, 5.41) is 32.7. The number of hydrogen-bond acceptors (Lipinski definition) is 5. The SMILES string of the molecule is O=[N+]([O-])c1ccc(O)c(C(=NO)c2ccccc2)c1. The van der Waals surface area contributed by atoms with Crippen LogP contribution in [0.25, 0.3) is 0 Å². The van der Waals surface area contributed by atoms with Gasteiger partial charge in [0, 0.05) is 17.7 Å². The number of nitro benzene ring substituents is 1. The maximum atomic E-state index is 10.7. The summed E-state index contributed by atoms with van der Waals surface area (Å²) >= 11 is 0. The summed E-state index contributed by atoms with van der Waals surface area (Å²) in [5.74, 6) is -0.192. The van der Waals surface area contributed by atoms with Gasteiger partial charge in [-0.05, 0) is 6.07 Å². The van der Waals surface area contributed by atoms with Crippen molar-refractivity contribution in [1.82, 2.24) is 0 Å². The first-order valence-corrected chi connectivity index (χ1v) is 5.38. The number of benzene rings is 2. The number of oxime groups is 1. The zero-order chi connectivity index (χ0) is 13.8. The van der Waals surface area contributed by atoms with Gasteiger partial charge in [0.1, 0.15) is 11.5 Å². The number of phenols is 1. The fraction of sp³-hybridized carbons (Fsp3) is 0. The molecule has 0 unspecified atom stereocenters. The van der Waals surface area contributed by atoms with E-state index < -0.39 is 4.92 Å². The molecule has 0 spiro atoms. The molecule has 6 nitrogen and oxygen atoms in total. The first kappa shape index (κ1) is 12.6. The van der Waals surface area contributed by atoms with Crippen LogP contribution in [-0.2, 0) is 0 Å². The predicted molar refractivity (Wildman–Crippen MR) is 68.6 cm³/mol. The van der Waals surface area contributed by atoms with E-state index in [9.17, 15) is 15.2 Å². The van der Waals surface area contributed by atoms with Gasteiger partial charge in [-0.1, -0.05) is 35.5 Å². The molecule has 0 saturated carbocycles. The highest BCUT2D eigenvalue weighted by atomic mass is 16.6. The second-order valence-corrected chi connectivity index (χ2v) is 3.77. The summed E-state index contributed by atoms with van der Waals surface area (Å²) in [6, 6.07) is 12.1. The van der Waals surface area contributed by atoms with Gasteiger partial charge in [-0.2, -0.15) is 0 Å². The van der Waals surface area contributed by atoms with Gasteiger partial charge in [-0.3, -0.25) is 10.1 Å². The molecular weight excluding hydrogens is 248 g/mol. The maximum absolute atomic E-state index is 10.7. The van der Waals surface area contributed by atoms with Crippen LogP contribution in [0.2, 0.25) is 0 Å². The molecule has 0 aromatic heterocycles. The topological polar surface area (TPSA) is 96.0 Å². The minimum absolute atomic E-state index is 0.0711. The quantitative estimate of drug-likeness (QED) is 0.382. The van der Waals surface area contributed by atoms with E-state index >= 15 is 0 Å². The van der Waals surface area contributed by atoms with Gasteiger partial charge < -0.3 is 10.3 Å². The summed E-state index contributed by atoms with van der Waals surface area (Å²) in [6.07, 6.45) is 0. The zero-order valence-corrected chi connectivity index (χ0v) is 9.72. The van der Waals surface area contributed by atoms with Crippen LogP contribution in [-0.4, -0.2) is 20.9 Å². The maximum Gasteiger partial charge on any atom is 0.270 e. The molecule has 0 saturated heterocycles. The van der Waals surface area contributed by atoms with Crippen LogP contribution >= 0.6 is 0 Å². The number of nitro groups is 1. The molecule has 0 fully saturated rings. The van der Waals surface area contributed by atoms with E-state index in [2.05, 4.69) is 5.16 Å². The van der Waals surface area contributed by atoms with Gasteiger partial charge in [-0.15, -0.1) is 0 Å². The van der Waals surface area contributed by atoms with Crippen molar-refractivity contribution in [2.75, 3.05) is 0 Å². The highest BCUT2D eigenvalue weighted by Gasteiger charge is 2.16. The van der Waals surface area contributed by atoms with Gasteiger partial charge in [-0.25, -0.2) is 0 Å². The Balaban J connectivity index is 2.56. The van der Waals surface area contributed by atoms with Crippen LogP contribution in [0.3, 0.4) is 0 Å². The third kappa shape index (κ3) is 2.52. The summed E-state index contributed by atoms with van der Waals surface area (Å²) in [4.78, 5) is 10.2. The molecule has 96 valence electrons. The molecule has 0 atom stereocenters. The van der Waals surface area contributed by atoms with Crippen LogP contribution in [0.1, 0.15) is 11.1 Å². The van der Waals surface area contributed by atoms with Gasteiger partial charge >= 0.3 is 0 Å². The highest BCUT2D eigenvalue weighted by molar-refractivity contribution is 6.14. The van der Waals surface area contributed by atoms with Crippen molar-refractivity contribution in [3.8, 4) is 5.75 Å². The fourth-order valence-corrected chi connectivity index (χ4v) is 1.69. The summed E-state index contributed by atoms with van der Waals surface area (Å²) in [7, 11) is 0. The Morgan fingerprint density at radius 2 is 1.84 bits per heavy atom. The highest BCUT2D eigenvalue weighted by Crippen LogP contribution is 2.25. The molecule has 2 aromatic rings. The minimum atomic E-state index is -0.580. The Labute approximate surface area is 108 Å². The average Bonchev–Trinajstić information content (AvgIpc) is 2.42. The first-order chi connectivity index (χ1) is 9.13. The Morgan fingerprint density at radius 1 is 1.16 bits per heavy atom. The van der Waals surface area contributed by atoms with Crippen LogP contribution < -0.4 is 0 Å². The number of aromatic hydroxyl groups is 1. The van der Waals surface area contributed by atoms with Crippen molar-refractivity contribution in [3.63, 3.8) is 0 Å². The Kier molecular flexibility index (Phi) is 3.42. The molecule has 19 heavy (non-hydrogen) atoms. The molecule has 0 radical (unpaired) electrons. The summed E-state index contributed by atoms with van der Waals surface area (Å²) < 4.78 is 0. The number of phenolic OH excluding ortho intramolecular Hbond substituents is 1. The zero-order valence-electron chi connectivity index (χ0n) is 9.72. The van der Waals surface area contributed by atoms with Crippen LogP contribution in [0.4, 0.5) is 5.69 Å². The Bertz CT molecular complexity index is 638. The van der Waals surface area contributed by atoms with Gasteiger partial charge in [0.2, 0.25) is 0 Å². The smallest absolute Gasteiger partial charge is 0.270 e. The van der Waals surface area contributed by atoms with Crippen LogP contribution in [0.15, 0.2) is 53.7 Å². The van der Waals surface area contributed by atoms with E-state index in [1.807, 2.05) is 0 Å². The summed E-state index contributed by atoms with van der Waals surface area (Å²) in [5.41, 5.74) is 0.523. The van der Waals surface area contributed by atoms with E-state index in [0.717, 1.165) is 6.07 Å². The third-order valence-corrected chi connectivity index (χ3v) is 2.59. The van der Waals surface area contributed by atoms with E-state index in [4.69, 9.17) is 5.21 Å². The van der Waals surface area contributed by atoms with E-state index in [0.29, 0.717) is 5.56 Å². The van der Waals surface area contributed by atoms with Crippen molar-refractivity contribution in [3.05, 3.63) is 69.8 Å². The summed E-state index contributed by atoms with van der Waals surface area (Å²) in [6.45, 7) is 0. The molecule has 0 aliphatic carbocycles. The van der Waals surface area contributed by atoms with Crippen molar-refractivity contribution >= 4 is 11.4 Å². The number of nitrogens with zero attached hydrogens (tertiary/aromatic N) is 2. The van der Waals surface area contributed by atoms with Crippen molar-refractivity contribution in [1.29, 1.82) is 0 Å². The average molecular weight is 258 g/mol. The Morgan fingerprint density at radius 3 is 2.42 bits per heavy atom. The number of rotatable bonds is 3. The number of hydrogen-bond donors (Lipinski definition) is 2. The lowest BCUT2D eigenvalue weighted by atomic mass is 10.0. The minimum Gasteiger partial charge on any atom is -0.507 e. The van der Waals surface area contributed by atoms with Gasteiger partial charge in [0.15, 0.2) is 0 Å².